The first-order chi connectivity index (χ1) is 10.3. The monoisotopic (exact) mass is 280 g/mol. The molecule has 1 unspecified atom stereocenters. The maximum Gasteiger partial charge on any atom is 0.309 e. The molecule has 1 atom stereocenters. The molecule has 0 saturated heterocycles. The first-order valence-corrected chi connectivity index (χ1v) is 6.87. The topological polar surface area (TPSA) is 35.5 Å². The van der Waals surface area contributed by atoms with Crippen LogP contribution in [0, 0.1) is 0 Å². The number of esters is 1. The van der Waals surface area contributed by atoms with E-state index < -0.39 is 0 Å². The predicted molar refractivity (Wildman–Crippen MR) is 81.8 cm³/mol. The van der Waals surface area contributed by atoms with E-state index in [1.807, 2.05) is 54.6 Å². The molecule has 0 bridgehead atoms. The van der Waals surface area contributed by atoms with Crippen LogP contribution < -0.4 is 4.74 Å². The van der Waals surface area contributed by atoms with E-state index in [4.69, 9.17) is 9.47 Å². The van der Waals surface area contributed by atoms with Crippen molar-refractivity contribution in [1.82, 2.24) is 0 Å². The Morgan fingerprint density at radius 1 is 1.10 bits per heavy atom. The summed E-state index contributed by atoms with van der Waals surface area (Å²) < 4.78 is 10.8. The van der Waals surface area contributed by atoms with Crippen LogP contribution in [0.15, 0.2) is 54.6 Å². The Labute approximate surface area is 123 Å². The molecule has 0 amide bonds. The molecule has 21 heavy (non-hydrogen) atoms. The van der Waals surface area contributed by atoms with E-state index in [1.165, 1.54) is 7.11 Å². The lowest BCUT2D eigenvalue weighted by molar-refractivity contribution is -0.141. The third kappa shape index (κ3) is 2.82. The van der Waals surface area contributed by atoms with Crippen LogP contribution in [0.5, 0.6) is 5.75 Å². The van der Waals surface area contributed by atoms with Gasteiger partial charge in [-0.2, -0.15) is 0 Å². The van der Waals surface area contributed by atoms with Gasteiger partial charge < -0.3 is 9.47 Å². The van der Waals surface area contributed by atoms with Crippen molar-refractivity contribution in [2.75, 3.05) is 7.11 Å². The van der Waals surface area contributed by atoms with Gasteiger partial charge in [-0.25, -0.2) is 0 Å². The maximum absolute atomic E-state index is 11.6. The number of ether oxygens (including phenoxy) is 2. The summed E-state index contributed by atoms with van der Waals surface area (Å²) in [5, 5.41) is 0. The second-order valence-electron chi connectivity index (χ2n) is 4.89. The van der Waals surface area contributed by atoms with Crippen LogP contribution in [-0.2, 0) is 9.53 Å². The minimum atomic E-state index is -0.324. The van der Waals surface area contributed by atoms with Crippen molar-refractivity contribution in [2.24, 2.45) is 0 Å². The highest BCUT2D eigenvalue weighted by Gasteiger charge is 2.26. The molecule has 0 aromatic heterocycles. The zero-order valence-corrected chi connectivity index (χ0v) is 11.8. The van der Waals surface area contributed by atoms with Crippen molar-refractivity contribution in [3.8, 4) is 5.75 Å². The quantitative estimate of drug-likeness (QED) is 0.807. The first kappa shape index (κ1) is 13.4. The van der Waals surface area contributed by atoms with Gasteiger partial charge >= 0.3 is 5.97 Å². The molecule has 3 heteroatoms. The van der Waals surface area contributed by atoms with Crippen molar-refractivity contribution >= 4 is 17.6 Å². The number of benzene rings is 2. The van der Waals surface area contributed by atoms with Gasteiger partial charge in [-0.3, -0.25) is 4.79 Å². The van der Waals surface area contributed by atoms with E-state index in [9.17, 15) is 4.79 Å². The summed E-state index contributed by atoms with van der Waals surface area (Å²) in [7, 11) is 1.39. The molecule has 1 heterocycles. The summed E-state index contributed by atoms with van der Waals surface area (Å²) in [6, 6.07) is 17.8. The van der Waals surface area contributed by atoms with Crippen LogP contribution >= 0.6 is 0 Å². The highest BCUT2D eigenvalue weighted by atomic mass is 16.5. The van der Waals surface area contributed by atoms with Gasteiger partial charge in [0.25, 0.3) is 0 Å². The summed E-state index contributed by atoms with van der Waals surface area (Å²) >= 11 is 0. The molecule has 0 saturated carbocycles. The highest BCUT2D eigenvalue weighted by Crippen LogP contribution is 2.35. The number of hydrogen-bond donors (Lipinski definition) is 0. The first-order valence-electron chi connectivity index (χ1n) is 6.87. The minimum Gasteiger partial charge on any atom is -0.484 e. The van der Waals surface area contributed by atoms with Crippen molar-refractivity contribution in [2.45, 2.75) is 12.5 Å². The average Bonchev–Trinajstić information content (AvgIpc) is 2.55. The van der Waals surface area contributed by atoms with Gasteiger partial charge in [-0.15, -0.1) is 0 Å². The van der Waals surface area contributed by atoms with E-state index in [1.54, 1.807) is 0 Å². The Hall–Kier alpha value is -2.55. The molecule has 106 valence electrons. The molecule has 0 aliphatic carbocycles. The number of carbonyl (C=O) groups is 1. The standard InChI is InChI=1S/C18H16O3/c1-20-18(19)12-17-15(13-7-3-2-4-8-13)11-14-9-5-6-10-16(14)21-17/h2-11,17H,12H2,1H3. The maximum atomic E-state index is 11.6. The molecule has 2 aromatic rings. The Morgan fingerprint density at radius 3 is 2.57 bits per heavy atom. The third-order valence-corrected chi connectivity index (χ3v) is 3.53. The van der Waals surface area contributed by atoms with E-state index in [0.29, 0.717) is 0 Å². The van der Waals surface area contributed by atoms with E-state index in [2.05, 4.69) is 6.08 Å². The van der Waals surface area contributed by atoms with Crippen molar-refractivity contribution < 1.29 is 14.3 Å². The fourth-order valence-electron chi connectivity index (χ4n) is 2.47. The van der Waals surface area contributed by atoms with Crippen LogP contribution in [0.3, 0.4) is 0 Å². The van der Waals surface area contributed by atoms with Gasteiger partial charge in [0.1, 0.15) is 11.9 Å². The summed E-state index contributed by atoms with van der Waals surface area (Å²) in [6.45, 7) is 0. The molecule has 0 spiro atoms. The number of para-hydroxylation sites is 1. The predicted octanol–water partition coefficient (Wildman–Crippen LogP) is 3.55. The largest absolute Gasteiger partial charge is 0.484 e. The lowest BCUT2D eigenvalue weighted by atomic mass is 9.93. The highest BCUT2D eigenvalue weighted by molar-refractivity contribution is 5.89. The average molecular weight is 280 g/mol. The van der Waals surface area contributed by atoms with Gasteiger partial charge in [-0.05, 0) is 17.7 Å². The smallest absolute Gasteiger partial charge is 0.309 e. The molecule has 1 aliphatic heterocycles. The van der Waals surface area contributed by atoms with E-state index in [0.717, 1.165) is 22.4 Å². The molecule has 0 radical (unpaired) electrons. The van der Waals surface area contributed by atoms with Gasteiger partial charge in [0.05, 0.1) is 13.5 Å². The lowest BCUT2D eigenvalue weighted by Gasteiger charge is -2.27. The summed E-state index contributed by atoms with van der Waals surface area (Å²) in [6.07, 6.45) is 1.96. The molecule has 3 rings (SSSR count). The SMILES string of the molecule is COC(=O)CC1Oc2ccccc2C=C1c1ccccc1. The van der Waals surface area contributed by atoms with E-state index in [-0.39, 0.29) is 18.5 Å². The lowest BCUT2D eigenvalue weighted by Crippen LogP contribution is -2.25. The van der Waals surface area contributed by atoms with Crippen molar-refractivity contribution in [3.05, 3.63) is 65.7 Å². The molecule has 0 fully saturated rings. The number of methoxy groups -OCH3 is 1. The normalized spacial score (nSPS) is 16.4. The van der Waals surface area contributed by atoms with Crippen molar-refractivity contribution in [1.29, 1.82) is 0 Å². The molecular formula is C18H16O3. The fraction of sp³-hybridized carbons (Fsp3) is 0.167. The second kappa shape index (κ2) is 5.83. The van der Waals surface area contributed by atoms with Gasteiger partial charge in [0, 0.05) is 11.1 Å². The summed E-state index contributed by atoms with van der Waals surface area (Å²) in [4.78, 5) is 11.6. The Balaban J connectivity index is 2.02. The zero-order chi connectivity index (χ0) is 14.7. The zero-order valence-electron chi connectivity index (χ0n) is 11.8. The number of carbonyl (C=O) groups excluding carboxylic acids is 1. The van der Waals surface area contributed by atoms with E-state index >= 15 is 0 Å². The number of hydrogen-bond acceptors (Lipinski definition) is 3. The molecule has 1 aliphatic rings. The van der Waals surface area contributed by atoms with Crippen LogP contribution in [0.25, 0.3) is 11.6 Å². The molecular weight excluding hydrogens is 264 g/mol. The van der Waals surface area contributed by atoms with Crippen LogP contribution in [-0.4, -0.2) is 19.2 Å². The summed E-state index contributed by atoms with van der Waals surface area (Å²) in [5.74, 6) is 0.521. The second-order valence-corrected chi connectivity index (χ2v) is 4.89. The number of fused-ring (bicyclic) bond motifs is 1. The molecule has 2 aromatic carbocycles. The molecule has 0 N–H and O–H groups in total. The Morgan fingerprint density at radius 2 is 1.81 bits per heavy atom. The van der Waals surface area contributed by atoms with Gasteiger partial charge in [0.15, 0.2) is 0 Å². The Bertz CT molecular complexity index is 674. The number of rotatable bonds is 3. The fourth-order valence-corrected chi connectivity index (χ4v) is 2.47. The van der Waals surface area contributed by atoms with Crippen molar-refractivity contribution in [3.63, 3.8) is 0 Å². The molecule has 3 nitrogen and oxygen atoms in total. The van der Waals surface area contributed by atoms with Crippen LogP contribution in [0.2, 0.25) is 0 Å². The Kier molecular flexibility index (Phi) is 3.73. The minimum absolute atomic E-state index is 0.200. The van der Waals surface area contributed by atoms with Gasteiger partial charge in [-0.1, -0.05) is 48.5 Å². The van der Waals surface area contributed by atoms with Gasteiger partial charge in [0.2, 0.25) is 0 Å². The summed E-state index contributed by atoms with van der Waals surface area (Å²) in [5.41, 5.74) is 3.08. The van der Waals surface area contributed by atoms with Crippen LogP contribution in [0.4, 0.5) is 0 Å². The third-order valence-electron chi connectivity index (χ3n) is 3.53. The van der Waals surface area contributed by atoms with Crippen LogP contribution in [0.1, 0.15) is 17.5 Å².